The Labute approximate surface area is 125 Å². The van der Waals surface area contributed by atoms with Crippen LogP contribution in [0.1, 0.15) is 38.5 Å². The van der Waals surface area contributed by atoms with Crippen LogP contribution in [0.5, 0.6) is 0 Å². The van der Waals surface area contributed by atoms with Crippen molar-refractivity contribution in [3.63, 3.8) is 0 Å². The highest BCUT2D eigenvalue weighted by molar-refractivity contribution is 9.09. The van der Waals surface area contributed by atoms with Crippen molar-refractivity contribution in [1.82, 2.24) is 0 Å². The van der Waals surface area contributed by atoms with Gasteiger partial charge in [-0.2, -0.15) is 0 Å². The minimum absolute atomic E-state index is 0.150. The van der Waals surface area contributed by atoms with Gasteiger partial charge in [0.05, 0.1) is 0 Å². The Balaban J connectivity index is 3.32. The van der Waals surface area contributed by atoms with Gasteiger partial charge in [-0.1, -0.05) is 31.9 Å². The highest BCUT2D eigenvalue weighted by atomic mass is 79.9. The molecule has 0 saturated heterocycles. The molecule has 0 aliphatic heterocycles. The molecular formula is C12H20Br2O4. The van der Waals surface area contributed by atoms with E-state index in [0.717, 1.165) is 36.3 Å². The zero-order valence-corrected chi connectivity index (χ0v) is 13.6. The van der Waals surface area contributed by atoms with Crippen molar-refractivity contribution >= 4 is 43.8 Å². The third kappa shape index (κ3) is 12.4. The van der Waals surface area contributed by atoms with Gasteiger partial charge in [-0.3, -0.25) is 9.59 Å². The lowest BCUT2D eigenvalue weighted by Crippen LogP contribution is -2.13. The molecule has 0 N–H and O–H groups in total. The summed E-state index contributed by atoms with van der Waals surface area (Å²) in [5.74, 6) is -0.461. The first-order chi connectivity index (χ1) is 8.70. The van der Waals surface area contributed by atoms with Crippen molar-refractivity contribution in [3.8, 4) is 0 Å². The molecule has 0 bridgehead atoms. The first-order valence-corrected chi connectivity index (χ1v) is 8.38. The van der Waals surface area contributed by atoms with E-state index in [-0.39, 0.29) is 25.2 Å². The topological polar surface area (TPSA) is 52.6 Å². The van der Waals surface area contributed by atoms with Crippen LogP contribution in [0.3, 0.4) is 0 Å². The molecule has 0 aliphatic rings. The number of carbonyl (C=O) groups excluding carboxylic acids is 2. The van der Waals surface area contributed by atoms with Gasteiger partial charge < -0.3 is 9.47 Å². The Morgan fingerprint density at radius 3 is 1.44 bits per heavy atom. The smallest absolute Gasteiger partial charge is 0.305 e. The molecule has 0 atom stereocenters. The molecule has 0 saturated carbocycles. The van der Waals surface area contributed by atoms with Gasteiger partial charge in [-0.15, -0.1) is 0 Å². The molecule has 0 radical (unpaired) electrons. The zero-order valence-electron chi connectivity index (χ0n) is 10.5. The monoisotopic (exact) mass is 386 g/mol. The summed E-state index contributed by atoms with van der Waals surface area (Å²) in [6.45, 7) is 0.300. The first-order valence-electron chi connectivity index (χ1n) is 6.14. The van der Waals surface area contributed by atoms with Gasteiger partial charge >= 0.3 is 11.9 Å². The molecule has 0 aromatic heterocycles. The standard InChI is InChI=1S/C12H20Br2O4/c13-7-3-1-5-11(15)17-9-10-18-12(16)6-2-4-8-14/h1-10H2. The summed E-state index contributed by atoms with van der Waals surface area (Å²) < 4.78 is 9.85. The van der Waals surface area contributed by atoms with E-state index in [1.807, 2.05) is 0 Å². The molecule has 4 nitrogen and oxygen atoms in total. The molecule has 0 fully saturated rings. The van der Waals surface area contributed by atoms with Crippen LogP contribution in [0.4, 0.5) is 0 Å². The van der Waals surface area contributed by atoms with Gasteiger partial charge in [0, 0.05) is 23.5 Å². The summed E-state index contributed by atoms with van der Waals surface area (Å²) in [4.78, 5) is 22.4. The van der Waals surface area contributed by atoms with Crippen LogP contribution >= 0.6 is 31.9 Å². The van der Waals surface area contributed by atoms with Crippen LogP contribution in [0.15, 0.2) is 0 Å². The van der Waals surface area contributed by atoms with E-state index in [0.29, 0.717) is 12.8 Å². The molecule has 0 aromatic rings. The molecule has 0 heterocycles. The van der Waals surface area contributed by atoms with Crippen molar-refractivity contribution in [2.75, 3.05) is 23.9 Å². The summed E-state index contributed by atoms with van der Waals surface area (Å²) in [5.41, 5.74) is 0. The Morgan fingerprint density at radius 2 is 1.11 bits per heavy atom. The molecule has 0 amide bonds. The lowest BCUT2D eigenvalue weighted by atomic mass is 10.2. The van der Waals surface area contributed by atoms with E-state index in [4.69, 9.17) is 9.47 Å². The molecule has 6 heteroatoms. The van der Waals surface area contributed by atoms with E-state index in [1.165, 1.54) is 0 Å². The number of halogens is 2. The number of esters is 2. The summed E-state index contributed by atoms with van der Waals surface area (Å²) in [6.07, 6.45) is 4.39. The fourth-order valence-electron chi connectivity index (χ4n) is 1.18. The number of ether oxygens (including phenoxy) is 2. The van der Waals surface area contributed by atoms with Gasteiger partial charge in [-0.05, 0) is 25.7 Å². The van der Waals surface area contributed by atoms with Crippen LogP contribution in [0.2, 0.25) is 0 Å². The second-order valence-corrected chi connectivity index (χ2v) is 5.32. The fourth-order valence-corrected chi connectivity index (χ4v) is 1.98. The predicted octanol–water partition coefficient (Wildman–Crippen LogP) is 3.20. The lowest BCUT2D eigenvalue weighted by Gasteiger charge is -2.06. The molecular weight excluding hydrogens is 368 g/mol. The van der Waals surface area contributed by atoms with E-state index in [1.54, 1.807) is 0 Å². The van der Waals surface area contributed by atoms with Gasteiger partial charge in [0.25, 0.3) is 0 Å². The van der Waals surface area contributed by atoms with Crippen LogP contribution in [-0.4, -0.2) is 35.8 Å². The summed E-state index contributed by atoms with van der Waals surface area (Å²) in [6, 6.07) is 0. The SMILES string of the molecule is O=C(CCCCBr)OCCOC(=O)CCCCBr. The third-order valence-electron chi connectivity index (χ3n) is 2.14. The molecule has 0 rings (SSSR count). The second kappa shape index (κ2) is 13.3. The number of alkyl halides is 2. The highest BCUT2D eigenvalue weighted by Gasteiger charge is 2.04. The van der Waals surface area contributed by atoms with Crippen LogP contribution < -0.4 is 0 Å². The Morgan fingerprint density at radius 1 is 0.722 bits per heavy atom. The van der Waals surface area contributed by atoms with E-state index >= 15 is 0 Å². The summed E-state index contributed by atoms with van der Waals surface area (Å²) in [7, 11) is 0. The van der Waals surface area contributed by atoms with E-state index < -0.39 is 0 Å². The quantitative estimate of drug-likeness (QED) is 0.310. The number of hydrogen-bond acceptors (Lipinski definition) is 4. The first kappa shape index (κ1) is 17.9. The number of hydrogen-bond donors (Lipinski definition) is 0. The average Bonchev–Trinajstić information content (AvgIpc) is 2.35. The van der Waals surface area contributed by atoms with Gasteiger partial charge in [0.1, 0.15) is 13.2 Å². The Kier molecular flexibility index (Phi) is 13.3. The van der Waals surface area contributed by atoms with E-state index in [9.17, 15) is 9.59 Å². The zero-order chi connectivity index (χ0) is 13.6. The van der Waals surface area contributed by atoms with E-state index in [2.05, 4.69) is 31.9 Å². The Hall–Kier alpha value is -0.100. The number of rotatable bonds is 11. The molecule has 0 aliphatic carbocycles. The number of carbonyl (C=O) groups is 2. The number of unbranched alkanes of at least 4 members (excludes halogenated alkanes) is 2. The van der Waals surface area contributed by atoms with Crippen LogP contribution in [0, 0.1) is 0 Å². The van der Waals surface area contributed by atoms with Crippen molar-refractivity contribution in [2.24, 2.45) is 0 Å². The van der Waals surface area contributed by atoms with Gasteiger partial charge in [0.2, 0.25) is 0 Å². The second-order valence-electron chi connectivity index (χ2n) is 3.73. The highest BCUT2D eigenvalue weighted by Crippen LogP contribution is 2.01. The third-order valence-corrected chi connectivity index (χ3v) is 3.26. The molecule has 18 heavy (non-hydrogen) atoms. The van der Waals surface area contributed by atoms with Crippen molar-refractivity contribution in [3.05, 3.63) is 0 Å². The largest absolute Gasteiger partial charge is 0.462 e. The minimum Gasteiger partial charge on any atom is -0.462 e. The minimum atomic E-state index is -0.230. The molecule has 0 spiro atoms. The average molecular weight is 388 g/mol. The van der Waals surface area contributed by atoms with Gasteiger partial charge in [-0.25, -0.2) is 0 Å². The maximum Gasteiger partial charge on any atom is 0.305 e. The summed E-state index contributed by atoms with van der Waals surface area (Å²) >= 11 is 6.58. The maximum atomic E-state index is 11.2. The predicted molar refractivity (Wildman–Crippen MR) is 77.2 cm³/mol. The van der Waals surface area contributed by atoms with Crippen LogP contribution in [-0.2, 0) is 19.1 Å². The van der Waals surface area contributed by atoms with Crippen molar-refractivity contribution in [2.45, 2.75) is 38.5 Å². The van der Waals surface area contributed by atoms with Gasteiger partial charge in [0.15, 0.2) is 0 Å². The van der Waals surface area contributed by atoms with Crippen molar-refractivity contribution < 1.29 is 19.1 Å². The Bertz CT molecular complexity index is 210. The molecule has 0 unspecified atom stereocenters. The maximum absolute atomic E-state index is 11.2. The van der Waals surface area contributed by atoms with Crippen molar-refractivity contribution in [1.29, 1.82) is 0 Å². The lowest BCUT2D eigenvalue weighted by molar-refractivity contribution is -0.152. The molecule has 0 aromatic carbocycles. The van der Waals surface area contributed by atoms with Crippen LogP contribution in [0.25, 0.3) is 0 Å². The fraction of sp³-hybridized carbons (Fsp3) is 0.833. The normalized spacial score (nSPS) is 10.1. The molecule has 106 valence electrons. The summed E-state index contributed by atoms with van der Waals surface area (Å²) in [5, 5.41) is 1.79.